The first kappa shape index (κ1) is 15.7. The van der Waals surface area contributed by atoms with Crippen LogP contribution in [0.5, 0.6) is 0 Å². The van der Waals surface area contributed by atoms with Gasteiger partial charge in [0.15, 0.2) is 0 Å². The van der Waals surface area contributed by atoms with Crippen molar-refractivity contribution in [3.05, 3.63) is 16.1 Å². The molecule has 0 bridgehead atoms. The van der Waals surface area contributed by atoms with E-state index in [0.29, 0.717) is 25.4 Å². The normalized spacial score (nSPS) is 20.9. The molecule has 1 amide bonds. The summed E-state index contributed by atoms with van der Waals surface area (Å²) in [4.78, 5) is 18.7. The van der Waals surface area contributed by atoms with E-state index in [1.165, 1.54) is 11.3 Å². The summed E-state index contributed by atoms with van der Waals surface area (Å²) in [5.41, 5.74) is 0.200. The maximum atomic E-state index is 12.4. The van der Waals surface area contributed by atoms with Gasteiger partial charge in [-0.3, -0.25) is 4.79 Å². The van der Waals surface area contributed by atoms with Crippen LogP contribution in [0.4, 0.5) is 0 Å². The van der Waals surface area contributed by atoms with E-state index in [2.05, 4.69) is 4.98 Å². The standard InChI is InChI=1S/C14H21ClN2O2S/c1-13(2)8-17(9-14(3,4)19-13)12(18)5-11-16-10(6-15)7-20-11/h7H,5-6,8-9H2,1-4H3. The van der Waals surface area contributed by atoms with Crippen molar-refractivity contribution in [3.63, 3.8) is 0 Å². The van der Waals surface area contributed by atoms with Crippen molar-refractivity contribution < 1.29 is 9.53 Å². The Labute approximate surface area is 129 Å². The number of amides is 1. The highest BCUT2D eigenvalue weighted by Crippen LogP contribution is 2.28. The summed E-state index contributed by atoms with van der Waals surface area (Å²) in [6, 6.07) is 0. The van der Waals surface area contributed by atoms with Crippen molar-refractivity contribution in [1.29, 1.82) is 0 Å². The summed E-state index contributed by atoms with van der Waals surface area (Å²) in [5, 5.41) is 2.73. The lowest BCUT2D eigenvalue weighted by molar-refractivity contribution is -0.187. The van der Waals surface area contributed by atoms with Gasteiger partial charge in [-0.15, -0.1) is 22.9 Å². The fraction of sp³-hybridized carbons (Fsp3) is 0.714. The topological polar surface area (TPSA) is 42.4 Å². The number of hydrogen-bond donors (Lipinski definition) is 0. The average Bonchev–Trinajstić information content (AvgIpc) is 2.72. The third kappa shape index (κ3) is 3.93. The highest BCUT2D eigenvalue weighted by Gasteiger charge is 2.39. The van der Waals surface area contributed by atoms with Gasteiger partial charge < -0.3 is 9.64 Å². The molecule has 1 aliphatic heterocycles. The van der Waals surface area contributed by atoms with E-state index < -0.39 is 0 Å². The number of alkyl halides is 1. The molecule has 4 nitrogen and oxygen atoms in total. The molecular weight excluding hydrogens is 296 g/mol. The second-order valence-electron chi connectivity index (χ2n) is 6.41. The van der Waals surface area contributed by atoms with E-state index in [9.17, 15) is 4.79 Å². The molecule has 20 heavy (non-hydrogen) atoms. The lowest BCUT2D eigenvalue weighted by atomic mass is 9.98. The summed E-state index contributed by atoms with van der Waals surface area (Å²) in [5.74, 6) is 0.493. The zero-order chi connectivity index (χ0) is 15.0. The number of aromatic nitrogens is 1. The van der Waals surface area contributed by atoms with E-state index in [-0.39, 0.29) is 17.1 Å². The molecule has 0 saturated carbocycles. The number of ether oxygens (including phenoxy) is 1. The Bertz CT molecular complexity index is 483. The zero-order valence-electron chi connectivity index (χ0n) is 12.4. The minimum Gasteiger partial charge on any atom is -0.366 e. The highest BCUT2D eigenvalue weighted by atomic mass is 35.5. The van der Waals surface area contributed by atoms with Crippen molar-refractivity contribution in [2.75, 3.05) is 13.1 Å². The Balaban J connectivity index is 2.04. The molecule has 6 heteroatoms. The largest absolute Gasteiger partial charge is 0.366 e. The second-order valence-corrected chi connectivity index (χ2v) is 7.62. The van der Waals surface area contributed by atoms with Crippen LogP contribution in [0.2, 0.25) is 0 Å². The number of carbonyl (C=O) groups excluding carboxylic acids is 1. The van der Waals surface area contributed by atoms with Gasteiger partial charge in [0, 0.05) is 18.5 Å². The monoisotopic (exact) mass is 316 g/mol. The molecular formula is C14H21ClN2O2S. The van der Waals surface area contributed by atoms with Crippen LogP contribution in [0.1, 0.15) is 38.4 Å². The number of thiazole rings is 1. The van der Waals surface area contributed by atoms with Gasteiger partial charge in [0.1, 0.15) is 5.01 Å². The van der Waals surface area contributed by atoms with Crippen molar-refractivity contribution in [1.82, 2.24) is 9.88 Å². The summed E-state index contributed by atoms with van der Waals surface area (Å²) >= 11 is 7.22. The van der Waals surface area contributed by atoms with Gasteiger partial charge in [-0.25, -0.2) is 4.98 Å². The number of halogens is 1. The van der Waals surface area contributed by atoms with E-state index in [1.54, 1.807) is 0 Å². The molecule has 1 fully saturated rings. The van der Waals surface area contributed by atoms with Crippen LogP contribution in [-0.2, 0) is 21.8 Å². The van der Waals surface area contributed by atoms with Crippen LogP contribution in [0.3, 0.4) is 0 Å². The van der Waals surface area contributed by atoms with E-state index in [4.69, 9.17) is 16.3 Å². The van der Waals surface area contributed by atoms with Gasteiger partial charge in [-0.1, -0.05) is 0 Å². The average molecular weight is 317 g/mol. The Morgan fingerprint density at radius 1 is 1.40 bits per heavy atom. The maximum Gasteiger partial charge on any atom is 0.229 e. The molecule has 0 unspecified atom stereocenters. The molecule has 0 N–H and O–H groups in total. The summed E-state index contributed by atoms with van der Waals surface area (Å²) < 4.78 is 5.99. The fourth-order valence-corrected chi connectivity index (χ4v) is 3.71. The van der Waals surface area contributed by atoms with Crippen molar-refractivity contribution >= 4 is 28.8 Å². The molecule has 0 atom stereocenters. The van der Waals surface area contributed by atoms with Crippen LogP contribution >= 0.6 is 22.9 Å². The van der Waals surface area contributed by atoms with Crippen molar-refractivity contribution in [2.45, 2.75) is 51.2 Å². The first-order chi connectivity index (χ1) is 9.21. The minimum atomic E-state index is -0.318. The SMILES string of the molecule is CC1(C)CN(C(=O)Cc2nc(CCl)cs2)CC(C)(C)O1. The molecule has 0 aliphatic carbocycles. The Morgan fingerprint density at radius 3 is 2.50 bits per heavy atom. The molecule has 0 spiro atoms. The molecule has 112 valence electrons. The predicted octanol–water partition coefficient (Wildman–Crippen LogP) is 2.84. The van der Waals surface area contributed by atoms with E-state index >= 15 is 0 Å². The van der Waals surface area contributed by atoms with Crippen molar-refractivity contribution in [2.24, 2.45) is 0 Å². The Hall–Kier alpha value is -0.650. The van der Waals surface area contributed by atoms with E-state index in [1.807, 2.05) is 38.0 Å². The molecule has 2 heterocycles. The van der Waals surface area contributed by atoms with Gasteiger partial charge in [0.25, 0.3) is 0 Å². The number of carbonyl (C=O) groups is 1. The fourth-order valence-electron chi connectivity index (χ4n) is 2.70. The van der Waals surface area contributed by atoms with Crippen LogP contribution < -0.4 is 0 Å². The van der Waals surface area contributed by atoms with Gasteiger partial charge in [0.05, 0.1) is 29.2 Å². The first-order valence-electron chi connectivity index (χ1n) is 6.68. The second kappa shape index (κ2) is 5.62. The third-order valence-corrected chi connectivity index (χ3v) is 4.26. The van der Waals surface area contributed by atoms with Gasteiger partial charge >= 0.3 is 0 Å². The highest BCUT2D eigenvalue weighted by molar-refractivity contribution is 7.09. The Kier molecular flexibility index (Phi) is 4.42. The van der Waals surface area contributed by atoms with E-state index in [0.717, 1.165) is 10.7 Å². The zero-order valence-corrected chi connectivity index (χ0v) is 14.0. The smallest absolute Gasteiger partial charge is 0.229 e. The number of morpholine rings is 1. The van der Waals surface area contributed by atoms with Crippen LogP contribution in [0.25, 0.3) is 0 Å². The van der Waals surface area contributed by atoms with Crippen LogP contribution in [0, 0.1) is 0 Å². The quantitative estimate of drug-likeness (QED) is 0.805. The molecule has 0 aromatic carbocycles. The lowest BCUT2D eigenvalue weighted by Crippen LogP contribution is -2.58. The minimum absolute atomic E-state index is 0.102. The van der Waals surface area contributed by atoms with Crippen molar-refractivity contribution in [3.8, 4) is 0 Å². The first-order valence-corrected chi connectivity index (χ1v) is 8.09. The third-order valence-electron chi connectivity index (χ3n) is 3.09. The summed E-state index contributed by atoms with van der Waals surface area (Å²) in [6.07, 6.45) is 0.341. The molecule has 1 aromatic rings. The molecule has 0 radical (unpaired) electrons. The van der Waals surface area contributed by atoms with Gasteiger partial charge in [-0.2, -0.15) is 0 Å². The number of hydrogen-bond acceptors (Lipinski definition) is 4. The van der Waals surface area contributed by atoms with Gasteiger partial charge in [0.2, 0.25) is 5.91 Å². The molecule has 2 rings (SSSR count). The van der Waals surface area contributed by atoms with Gasteiger partial charge in [-0.05, 0) is 27.7 Å². The Morgan fingerprint density at radius 2 is 2.00 bits per heavy atom. The number of nitrogens with zero attached hydrogens (tertiary/aromatic N) is 2. The summed E-state index contributed by atoms with van der Waals surface area (Å²) in [6.45, 7) is 9.30. The van der Waals surface area contributed by atoms with Crippen LogP contribution in [0.15, 0.2) is 5.38 Å². The van der Waals surface area contributed by atoms with Crippen LogP contribution in [-0.4, -0.2) is 40.1 Å². The number of rotatable bonds is 3. The lowest BCUT2D eigenvalue weighted by Gasteiger charge is -2.47. The molecule has 1 saturated heterocycles. The summed E-state index contributed by atoms with van der Waals surface area (Å²) in [7, 11) is 0. The molecule has 1 aromatic heterocycles. The molecule has 1 aliphatic rings. The predicted molar refractivity (Wildman–Crippen MR) is 81.2 cm³/mol. The maximum absolute atomic E-state index is 12.4.